The Hall–Kier alpha value is -2.64. The number of nitrogens with one attached hydrogen (secondary N) is 1. The number of rotatable bonds is 5. The number of nitrogens with zero attached hydrogens (tertiary/aromatic N) is 4. The molecule has 8 nitrogen and oxygen atoms in total. The van der Waals surface area contributed by atoms with Gasteiger partial charge in [-0.1, -0.05) is 6.92 Å². The zero-order valence-corrected chi connectivity index (χ0v) is 12.1. The van der Waals surface area contributed by atoms with Crippen molar-refractivity contribution < 1.29 is 14.7 Å². The van der Waals surface area contributed by atoms with Crippen molar-refractivity contribution >= 4 is 17.7 Å². The summed E-state index contributed by atoms with van der Waals surface area (Å²) in [6.07, 6.45) is 2.17. The molecule has 2 heterocycles. The van der Waals surface area contributed by atoms with Crippen LogP contribution < -0.4 is 5.32 Å². The Labute approximate surface area is 121 Å². The Morgan fingerprint density at radius 3 is 2.71 bits per heavy atom. The van der Waals surface area contributed by atoms with E-state index in [9.17, 15) is 9.59 Å². The third kappa shape index (κ3) is 3.10. The first-order valence-corrected chi connectivity index (χ1v) is 6.55. The Morgan fingerprint density at radius 1 is 1.38 bits per heavy atom. The van der Waals surface area contributed by atoms with E-state index in [0.29, 0.717) is 12.4 Å². The number of anilines is 1. The van der Waals surface area contributed by atoms with Gasteiger partial charge in [0.25, 0.3) is 5.91 Å². The maximum absolute atomic E-state index is 12.2. The number of aromatic carboxylic acids is 1. The maximum atomic E-state index is 12.2. The molecule has 2 aromatic rings. The molecule has 1 amide bonds. The average Bonchev–Trinajstić information content (AvgIpc) is 2.94. The Bertz CT molecular complexity index is 686. The van der Waals surface area contributed by atoms with Gasteiger partial charge < -0.3 is 10.4 Å². The number of carboxylic acids is 1. The lowest BCUT2D eigenvalue weighted by Crippen LogP contribution is -2.19. The first-order valence-electron chi connectivity index (χ1n) is 6.55. The molecule has 0 bridgehead atoms. The number of aryl methyl sites for hydroxylation is 3. The van der Waals surface area contributed by atoms with Crippen LogP contribution in [0.4, 0.5) is 5.82 Å². The fraction of sp³-hybridized carbons (Fsp3) is 0.385. The molecule has 0 saturated carbocycles. The molecule has 112 valence electrons. The smallest absolute Gasteiger partial charge is 0.339 e. The summed E-state index contributed by atoms with van der Waals surface area (Å²) in [6, 6.07) is 1.73. The van der Waals surface area contributed by atoms with Crippen LogP contribution >= 0.6 is 0 Å². The van der Waals surface area contributed by atoms with E-state index in [4.69, 9.17) is 5.11 Å². The number of amides is 1. The van der Waals surface area contributed by atoms with E-state index in [2.05, 4.69) is 15.5 Å². The lowest BCUT2D eigenvalue weighted by molar-refractivity contribution is 0.0692. The van der Waals surface area contributed by atoms with Gasteiger partial charge in [-0.15, -0.1) is 0 Å². The minimum Gasteiger partial charge on any atom is -0.478 e. The zero-order valence-electron chi connectivity index (χ0n) is 12.1. The van der Waals surface area contributed by atoms with Crippen molar-refractivity contribution in [3.63, 3.8) is 0 Å². The highest BCUT2D eigenvalue weighted by molar-refractivity contribution is 6.09. The quantitative estimate of drug-likeness (QED) is 0.864. The van der Waals surface area contributed by atoms with Gasteiger partial charge >= 0.3 is 5.97 Å². The third-order valence-electron chi connectivity index (χ3n) is 2.85. The van der Waals surface area contributed by atoms with Crippen molar-refractivity contribution in [3.8, 4) is 0 Å². The molecule has 0 aromatic carbocycles. The third-order valence-corrected chi connectivity index (χ3v) is 2.85. The number of aromatic nitrogens is 4. The van der Waals surface area contributed by atoms with Crippen LogP contribution in [0.1, 0.15) is 39.9 Å². The summed E-state index contributed by atoms with van der Waals surface area (Å²) in [6.45, 7) is 4.49. The number of hydrogen-bond acceptors (Lipinski definition) is 4. The number of hydrogen-bond donors (Lipinski definition) is 2. The molecular formula is C13H17N5O3. The summed E-state index contributed by atoms with van der Waals surface area (Å²) < 4.78 is 2.98. The summed E-state index contributed by atoms with van der Waals surface area (Å²) in [5.41, 5.74) is 0.526. The van der Waals surface area contributed by atoms with Crippen LogP contribution in [0.3, 0.4) is 0 Å². The fourth-order valence-electron chi connectivity index (χ4n) is 2.02. The average molecular weight is 291 g/mol. The minimum atomic E-state index is -1.19. The van der Waals surface area contributed by atoms with Crippen molar-refractivity contribution in [3.05, 3.63) is 29.2 Å². The lowest BCUT2D eigenvalue weighted by Gasteiger charge is -2.06. The van der Waals surface area contributed by atoms with Gasteiger partial charge in [0.2, 0.25) is 0 Å². The standard InChI is InChI=1S/C13H17N5O3/c1-4-5-18-10(6-8(2)15-18)14-12(19)11-9(13(20)21)7-17(3)16-11/h6-7H,4-5H2,1-3H3,(H,14,19)(H,20,21). The molecule has 0 aliphatic carbocycles. The summed E-state index contributed by atoms with van der Waals surface area (Å²) >= 11 is 0. The van der Waals surface area contributed by atoms with Crippen molar-refractivity contribution in [1.29, 1.82) is 0 Å². The molecule has 8 heteroatoms. The summed E-state index contributed by atoms with van der Waals surface area (Å²) in [5.74, 6) is -1.22. The maximum Gasteiger partial charge on any atom is 0.339 e. The SMILES string of the molecule is CCCn1nc(C)cc1NC(=O)c1nn(C)cc1C(=O)O. The topological polar surface area (TPSA) is 102 Å². The number of carboxylic acid groups (broad SMARTS) is 1. The second-order valence-corrected chi connectivity index (χ2v) is 4.72. The molecule has 0 atom stereocenters. The molecule has 0 spiro atoms. The van der Waals surface area contributed by atoms with Crippen molar-refractivity contribution in [2.75, 3.05) is 5.32 Å². The Morgan fingerprint density at radius 2 is 2.10 bits per heavy atom. The van der Waals surface area contributed by atoms with Crippen molar-refractivity contribution in [2.45, 2.75) is 26.8 Å². The van der Waals surface area contributed by atoms with E-state index in [-0.39, 0.29) is 11.3 Å². The highest BCUT2D eigenvalue weighted by atomic mass is 16.4. The molecular weight excluding hydrogens is 274 g/mol. The van der Waals surface area contributed by atoms with Gasteiger partial charge in [0.15, 0.2) is 5.69 Å². The lowest BCUT2D eigenvalue weighted by atomic mass is 10.2. The highest BCUT2D eigenvalue weighted by Crippen LogP contribution is 2.14. The molecule has 0 saturated heterocycles. The highest BCUT2D eigenvalue weighted by Gasteiger charge is 2.22. The number of carbonyl (C=O) groups excluding carboxylic acids is 1. The fourth-order valence-corrected chi connectivity index (χ4v) is 2.02. The molecule has 0 aliphatic heterocycles. The molecule has 2 rings (SSSR count). The Balaban J connectivity index is 2.28. The van der Waals surface area contributed by atoms with E-state index in [1.54, 1.807) is 17.8 Å². The molecule has 21 heavy (non-hydrogen) atoms. The Kier molecular flexibility index (Phi) is 4.06. The van der Waals surface area contributed by atoms with Gasteiger partial charge in [0, 0.05) is 25.9 Å². The molecule has 0 unspecified atom stereocenters. The summed E-state index contributed by atoms with van der Waals surface area (Å²) in [5, 5.41) is 19.9. The molecule has 2 aromatic heterocycles. The van der Waals surface area contributed by atoms with E-state index in [1.165, 1.54) is 10.9 Å². The second-order valence-electron chi connectivity index (χ2n) is 4.72. The van der Waals surface area contributed by atoms with Crippen LogP contribution in [0.15, 0.2) is 12.3 Å². The summed E-state index contributed by atoms with van der Waals surface area (Å²) in [7, 11) is 1.56. The van der Waals surface area contributed by atoms with E-state index < -0.39 is 11.9 Å². The zero-order chi connectivity index (χ0) is 15.6. The largest absolute Gasteiger partial charge is 0.478 e. The van der Waals surface area contributed by atoms with Crippen LogP contribution in [0.2, 0.25) is 0 Å². The van der Waals surface area contributed by atoms with E-state index in [1.807, 2.05) is 13.8 Å². The van der Waals surface area contributed by atoms with Gasteiger partial charge in [-0.2, -0.15) is 10.2 Å². The molecule has 0 aliphatic rings. The molecule has 0 fully saturated rings. The van der Waals surface area contributed by atoms with Crippen molar-refractivity contribution in [2.24, 2.45) is 7.05 Å². The summed E-state index contributed by atoms with van der Waals surface area (Å²) in [4.78, 5) is 23.3. The van der Waals surface area contributed by atoms with Gasteiger partial charge in [0.05, 0.1) is 5.69 Å². The van der Waals surface area contributed by atoms with Gasteiger partial charge in [-0.05, 0) is 13.3 Å². The van der Waals surface area contributed by atoms with E-state index >= 15 is 0 Å². The van der Waals surface area contributed by atoms with Gasteiger partial charge in [-0.3, -0.25) is 9.48 Å². The molecule has 0 radical (unpaired) electrons. The normalized spacial score (nSPS) is 10.6. The monoisotopic (exact) mass is 291 g/mol. The minimum absolute atomic E-state index is 0.119. The van der Waals surface area contributed by atoms with Crippen LogP contribution in [-0.2, 0) is 13.6 Å². The van der Waals surface area contributed by atoms with Gasteiger partial charge in [-0.25, -0.2) is 9.48 Å². The predicted octanol–water partition coefficient (Wildman–Crippen LogP) is 1.29. The first kappa shape index (κ1) is 14.8. The van der Waals surface area contributed by atoms with Crippen LogP contribution in [0, 0.1) is 6.92 Å². The van der Waals surface area contributed by atoms with Crippen molar-refractivity contribution in [1.82, 2.24) is 19.6 Å². The number of carbonyl (C=O) groups is 2. The van der Waals surface area contributed by atoms with Crippen LogP contribution in [0.5, 0.6) is 0 Å². The molecule has 2 N–H and O–H groups in total. The van der Waals surface area contributed by atoms with Crippen LogP contribution in [0.25, 0.3) is 0 Å². The van der Waals surface area contributed by atoms with Crippen LogP contribution in [-0.4, -0.2) is 36.5 Å². The first-order chi connectivity index (χ1) is 9.92. The predicted molar refractivity (Wildman–Crippen MR) is 75.4 cm³/mol. The second kappa shape index (κ2) is 5.78. The van der Waals surface area contributed by atoms with Gasteiger partial charge in [0.1, 0.15) is 11.4 Å². The van der Waals surface area contributed by atoms with E-state index in [0.717, 1.165) is 12.1 Å².